The molecule has 1 amide bonds. The van der Waals surface area contributed by atoms with Crippen molar-refractivity contribution < 1.29 is 18.0 Å². The van der Waals surface area contributed by atoms with Gasteiger partial charge in [0.1, 0.15) is 18.2 Å². The highest BCUT2D eigenvalue weighted by Crippen LogP contribution is 2.45. The zero-order valence-corrected chi connectivity index (χ0v) is 19.5. The van der Waals surface area contributed by atoms with E-state index in [4.69, 9.17) is 4.98 Å². The Morgan fingerprint density at radius 2 is 1.94 bits per heavy atom. The number of halogens is 3. The Labute approximate surface area is 204 Å². The van der Waals surface area contributed by atoms with Gasteiger partial charge < -0.3 is 20.1 Å². The molecule has 3 aliphatic heterocycles. The molecule has 3 aliphatic rings. The number of aromatic nitrogens is 4. The predicted octanol–water partition coefficient (Wildman–Crippen LogP) is 3.77. The zero-order chi connectivity index (χ0) is 25.1. The van der Waals surface area contributed by atoms with Crippen molar-refractivity contribution >= 4 is 34.1 Å². The predicted molar refractivity (Wildman–Crippen MR) is 129 cm³/mol. The van der Waals surface area contributed by atoms with E-state index in [2.05, 4.69) is 25.5 Å². The number of aryl methyl sites for hydroxylation is 1. The van der Waals surface area contributed by atoms with Gasteiger partial charge >= 0.3 is 6.18 Å². The van der Waals surface area contributed by atoms with Gasteiger partial charge in [-0.15, -0.1) is 0 Å². The van der Waals surface area contributed by atoms with Gasteiger partial charge in [0.05, 0.1) is 5.41 Å². The van der Waals surface area contributed by atoms with Crippen LogP contribution in [0.1, 0.15) is 31.2 Å². The second kappa shape index (κ2) is 8.07. The van der Waals surface area contributed by atoms with Crippen LogP contribution in [-0.4, -0.2) is 50.7 Å². The maximum atomic E-state index is 13.0. The number of carbonyl (C=O) groups is 1. The summed E-state index contributed by atoms with van der Waals surface area (Å²) in [6.45, 7) is 3.70. The van der Waals surface area contributed by atoms with Crippen LogP contribution in [0.15, 0.2) is 48.9 Å². The van der Waals surface area contributed by atoms with Gasteiger partial charge in [0.25, 0.3) is 0 Å². The van der Waals surface area contributed by atoms with Crippen LogP contribution in [0, 0.1) is 0 Å². The Balaban J connectivity index is 1.31. The molecule has 1 spiro atoms. The van der Waals surface area contributed by atoms with Crippen molar-refractivity contribution in [2.75, 3.05) is 23.3 Å². The molecule has 2 aromatic heterocycles. The number of piperidine rings is 1. The number of amides is 1. The van der Waals surface area contributed by atoms with E-state index in [9.17, 15) is 18.0 Å². The number of carbonyl (C=O) groups excluding carboxylic acids is 1. The molecule has 0 aliphatic carbocycles. The van der Waals surface area contributed by atoms with Crippen LogP contribution in [0.3, 0.4) is 0 Å². The number of anilines is 2. The standard InChI is InChI=1S/C25H24F3N7O/c1-2-35-20(15-7-8-18(29-13-15)25(26,27)28)33-19-21(30-14-31-22(19)35)34-11-9-24(10-12-34)16-5-3-4-6-17(16)32-23(24)36/h3-8,13-14,18,29H,2,9-12H2,1H3,(H,32,36). The summed E-state index contributed by atoms with van der Waals surface area (Å²) in [5.41, 5.74) is 3.12. The van der Waals surface area contributed by atoms with Crippen molar-refractivity contribution in [2.24, 2.45) is 0 Å². The fourth-order valence-electron chi connectivity index (χ4n) is 5.47. The summed E-state index contributed by atoms with van der Waals surface area (Å²) in [5, 5.41) is 5.43. The first-order valence-corrected chi connectivity index (χ1v) is 11.9. The van der Waals surface area contributed by atoms with Gasteiger partial charge in [-0.3, -0.25) is 4.79 Å². The summed E-state index contributed by atoms with van der Waals surface area (Å²) in [6.07, 6.45) is 2.27. The van der Waals surface area contributed by atoms with E-state index in [0.717, 1.165) is 17.3 Å². The van der Waals surface area contributed by atoms with Crippen molar-refractivity contribution in [1.82, 2.24) is 24.8 Å². The maximum Gasteiger partial charge on any atom is 0.412 e. The zero-order valence-electron chi connectivity index (χ0n) is 19.5. The van der Waals surface area contributed by atoms with Gasteiger partial charge in [-0.1, -0.05) is 30.4 Å². The Bertz CT molecular complexity index is 1420. The summed E-state index contributed by atoms with van der Waals surface area (Å²) in [5.74, 6) is 1.22. The normalized spacial score (nSPS) is 20.9. The van der Waals surface area contributed by atoms with E-state index < -0.39 is 17.6 Å². The van der Waals surface area contributed by atoms with Gasteiger partial charge in [0.2, 0.25) is 5.91 Å². The van der Waals surface area contributed by atoms with Gasteiger partial charge in [0.15, 0.2) is 17.0 Å². The molecule has 1 saturated heterocycles. The Morgan fingerprint density at radius 3 is 2.64 bits per heavy atom. The molecule has 1 fully saturated rings. The first-order valence-electron chi connectivity index (χ1n) is 11.9. The molecule has 186 valence electrons. The fraction of sp³-hybridized carbons (Fsp3) is 0.360. The van der Waals surface area contributed by atoms with E-state index in [1.807, 2.05) is 35.8 Å². The summed E-state index contributed by atoms with van der Waals surface area (Å²) < 4.78 is 41.0. The number of dihydropyridines is 1. The minimum Gasteiger partial charge on any atom is -0.376 e. The molecule has 0 radical (unpaired) electrons. The molecule has 1 atom stereocenters. The molecule has 0 bridgehead atoms. The molecule has 3 aromatic rings. The fourth-order valence-corrected chi connectivity index (χ4v) is 5.47. The summed E-state index contributed by atoms with van der Waals surface area (Å²) >= 11 is 0. The lowest BCUT2D eigenvalue weighted by Gasteiger charge is -2.38. The van der Waals surface area contributed by atoms with Crippen LogP contribution in [0.4, 0.5) is 24.7 Å². The van der Waals surface area contributed by atoms with Crippen LogP contribution in [0.5, 0.6) is 0 Å². The van der Waals surface area contributed by atoms with Gasteiger partial charge in [0, 0.05) is 37.1 Å². The Hall–Kier alpha value is -3.89. The summed E-state index contributed by atoms with van der Waals surface area (Å²) in [6, 6.07) is 6.10. The Kier molecular flexibility index (Phi) is 5.06. The number of hydrogen-bond acceptors (Lipinski definition) is 6. The average molecular weight is 496 g/mol. The number of allylic oxidation sites excluding steroid dienone is 2. The second-order valence-corrected chi connectivity index (χ2v) is 9.26. The number of alkyl halides is 3. The van der Waals surface area contributed by atoms with Crippen molar-refractivity contribution in [2.45, 2.75) is 43.9 Å². The van der Waals surface area contributed by atoms with E-state index in [1.165, 1.54) is 18.6 Å². The third-order valence-corrected chi connectivity index (χ3v) is 7.37. The summed E-state index contributed by atoms with van der Waals surface area (Å²) in [4.78, 5) is 28.8. The third-order valence-electron chi connectivity index (χ3n) is 7.37. The number of fused-ring (bicyclic) bond motifs is 3. The lowest BCUT2D eigenvalue weighted by Crippen LogP contribution is -2.46. The molecular weight excluding hydrogens is 471 g/mol. The van der Waals surface area contributed by atoms with E-state index >= 15 is 0 Å². The SMILES string of the molecule is CCn1c(C2=CNC(C(F)(F)F)C=C2)nc2c(N3CCC4(CC3)C(=O)Nc3ccccc34)ncnc21. The number of hydrogen-bond donors (Lipinski definition) is 2. The lowest BCUT2D eigenvalue weighted by atomic mass is 9.73. The smallest absolute Gasteiger partial charge is 0.376 e. The highest BCUT2D eigenvalue weighted by molar-refractivity contribution is 6.06. The first-order chi connectivity index (χ1) is 17.3. The number of rotatable bonds is 3. The van der Waals surface area contributed by atoms with Crippen molar-refractivity contribution in [1.29, 1.82) is 0 Å². The molecule has 1 aromatic carbocycles. The first kappa shape index (κ1) is 22.6. The molecule has 6 rings (SSSR count). The highest BCUT2D eigenvalue weighted by Gasteiger charge is 2.48. The molecule has 5 heterocycles. The highest BCUT2D eigenvalue weighted by atomic mass is 19.4. The van der Waals surface area contributed by atoms with Crippen LogP contribution >= 0.6 is 0 Å². The lowest BCUT2D eigenvalue weighted by molar-refractivity contribution is -0.142. The molecule has 2 N–H and O–H groups in total. The number of benzene rings is 1. The van der Waals surface area contributed by atoms with E-state index in [1.54, 1.807) is 0 Å². The number of para-hydroxylation sites is 1. The largest absolute Gasteiger partial charge is 0.412 e. The minimum atomic E-state index is -4.37. The van der Waals surface area contributed by atoms with Crippen LogP contribution in [0.25, 0.3) is 16.7 Å². The van der Waals surface area contributed by atoms with Crippen LogP contribution in [-0.2, 0) is 16.8 Å². The van der Waals surface area contributed by atoms with E-state index in [0.29, 0.717) is 60.9 Å². The average Bonchev–Trinajstić information content (AvgIpc) is 3.39. The van der Waals surface area contributed by atoms with Crippen molar-refractivity contribution in [3.63, 3.8) is 0 Å². The monoisotopic (exact) mass is 495 g/mol. The third kappa shape index (κ3) is 3.36. The van der Waals surface area contributed by atoms with Crippen molar-refractivity contribution in [3.8, 4) is 0 Å². The van der Waals surface area contributed by atoms with E-state index in [-0.39, 0.29) is 5.91 Å². The molecular formula is C25H24F3N7O. The van der Waals surface area contributed by atoms with Gasteiger partial charge in [-0.2, -0.15) is 13.2 Å². The number of nitrogens with one attached hydrogen (secondary N) is 2. The topological polar surface area (TPSA) is 88.0 Å². The number of nitrogens with zero attached hydrogens (tertiary/aromatic N) is 5. The molecule has 36 heavy (non-hydrogen) atoms. The van der Waals surface area contributed by atoms with Gasteiger partial charge in [-0.25, -0.2) is 15.0 Å². The Morgan fingerprint density at radius 1 is 1.17 bits per heavy atom. The van der Waals surface area contributed by atoms with Crippen LogP contribution in [0.2, 0.25) is 0 Å². The molecule has 1 unspecified atom stereocenters. The second-order valence-electron chi connectivity index (χ2n) is 9.26. The van der Waals surface area contributed by atoms with Crippen molar-refractivity contribution in [3.05, 3.63) is 60.3 Å². The molecule has 0 saturated carbocycles. The molecule has 11 heteroatoms. The molecule has 8 nitrogen and oxygen atoms in total. The minimum absolute atomic E-state index is 0.0365. The summed E-state index contributed by atoms with van der Waals surface area (Å²) in [7, 11) is 0. The quantitative estimate of drug-likeness (QED) is 0.575. The van der Waals surface area contributed by atoms with Gasteiger partial charge in [-0.05, 0) is 31.4 Å². The number of imidazole rings is 1. The maximum absolute atomic E-state index is 13.0. The van der Waals surface area contributed by atoms with Crippen LogP contribution < -0.4 is 15.5 Å².